The summed E-state index contributed by atoms with van der Waals surface area (Å²) in [4.78, 5) is 27.6. The first-order valence-electron chi connectivity index (χ1n) is 12.5. The van der Waals surface area contributed by atoms with Gasteiger partial charge in [-0.1, -0.05) is 49.9 Å². The third kappa shape index (κ3) is 3.57. The minimum absolute atomic E-state index is 0.0316. The maximum atomic E-state index is 14.1. The van der Waals surface area contributed by atoms with Gasteiger partial charge in [-0.05, 0) is 46.9 Å². The monoisotopic (exact) mass is 560 g/mol. The number of halogens is 4. The normalized spacial score (nSPS) is 31.4. The summed E-state index contributed by atoms with van der Waals surface area (Å²) in [5.74, 6) is 0.263. The van der Waals surface area contributed by atoms with E-state index < -0.39 is 39.8 Å². The van der Waals surface area contributed by atoms with Gasteiger partial charge in [0.15, 0.2) is 11.5 Å². The fourth-order valence-corrected chi connectivity index (χ4v) is 7.36. The maximum Gasteiger partial charge on any atom is 0.416 e. The molecule has 5 nitrogen and oxygen atoms in total. The summed E-state index contributed by atoms with van der Waals surface area (Å²) in [6.07, 6.45) is -0.424. The van der Waals surface area contributed by atoms with E-state index in [1.54, 1.807) is 26.0 Å². The number of rotatable bonds is 3. The van der Waals surface area contributed by atoms with Gasteiger partial charge >= 0.3 is 6.18 Å². The zero-order valence-electron chi connectivity index (χ0n) is 21.0. The molecule has 1 aromatic carbocycles. The largest absolute Gasteiger partial charge is 0.458 e. The number of hydrogen-bond donors (Lipinski definition) is 1. The van der Waals surface area contributed by atoms with Crippen LogP contribution in [0.4, 0.5) is 17.6 Å². The lowest BCUT2D eigenvalue weighted by Gasteiger charge is -2.55. The minimum Gasteiger partial charge on any atom is -0.458 e. The molecule has 4 atom stereocenters. The van der Waals surface area contributed by atoms with Crippen LogP contribution in [0.1, 0.15) is 37.8 Å². The average molecular weight is 561 g/mol. The number of thioether (sulfide) groups is 1. The predicted molar refractivity (Wildman–Crippen MR) is 135 cm³/mol. The van der Waals surface area contributed by atoms with Crippen LogP contribution in [0.15, 0.2) is 76.3 Å². The number of fused-ring (bicyclic) bond motifs is 5. The number of allylic oxidation sites excluding steroid dienone is 6. The Balaban J connectivity index is 1.66. The van der Waals surface area contributed by atoms with Gasteiger partial charge in [0.05, 0.1) is 17.1 Å². The van der Waals surface area contributed by atoms with Crippen LogP contribution in [0.2, 0.25) is 0 Å². The summed E-state index contributed by atoms with van der Waals surface area (Å²) < 4.78 is 65.2. The lowest BCUT2D eigenvalue weighted by Crippen LogP contribution is -2.55. The van der Waals surface area contributed by atoms with E-state index in [2.05, 4.69) is 0 Å². The van der Waals surface area contributed by atoms with E-state index in [1.165, 1.54) is 18.2 Å². The van der Waals surface area contributed by atoms with Crippen molar-refractivity contribution in [3.05, 3.63) is 87.4 Å². The van der Waals surface area contributed by atoms with Gasteiger partial charge in [-0.25, -0.2) is 4.39 Å². The summed E-state index contributed by atoms with van der Waals surface area (Å²) in [6, 6.07) is 3.58. The summed E-state index contributed by atoms with van der Waals surface area (Å²) in [5, 5.41) is 10.4. The molecule has 1 aromatic rings. The Bertz CT molecular complexity index is 1470. The molecule has 0 amide bonds. The summed E-state index contributed by atoms with van der Waals surface area (Å²) in [7, 11) is 0. The zero-order valence-corrected chi connectivity index (χ0v) is 21.8. The SMILES string of the molecule is C[C@H]1C=C2C(=O)C=C3C4=C(C(c5ccc(C(F)(F)F)cc5)=C[C@]3(C(=O)SCF)[C@@]2(C)C[C@@H]1O)C1=C(C4)OCO1. The van der Waals surface area contributed by atoms with Gasteiger partial charge in [0.25, 0.3) is 0 Å². The molecule has 1 heterocycles. The number of ether oxygens (including phenoxy) is 2. The van der Waals surface area contributed by atoms with Crippen LogP contribution >= 0.6 is 11.8 Å². The number of alkyl halides is 4. The molecule has 10 heteroatoms. The highest BCUT2D eigenvalue weighted by Gasteiger charge is 2.64. The zero-order chi connectivity index (χ0) is 27.9. The standard InChI is InChI=1S/C29H24F4O5S/c1-14-7-20-21(34)9-19-17-8-23-25(38-13-37-23)24(17)18(15-3-5-16(6-4-15)29(31,32)33)10-28(19,26(36)39-12-30)27(20,2)11-22(14)35/h3-7,9-10,14,22,35H,8,11-13H2,1-2H3/t14-,22-,27-,28-/m0/s1. The second kappa shape index (κ2) is 8.69. The van der Waals surface area contributed by atoms with Crippen LogP contribution in [0.5, 0.6) is 0 Å². The first-order valence-corrected chi connectivity index (χ1v) is 13.4. The van der Waals surface area contributed by atoms with Crippen molar-refractivity contribution < 1.29 is 41.7 Å². The first kappa shape index (κ1) is 26.1. The van der Waals surface area contributed by atoms with Crippen molar-refractivity contribution >= 4 is 28.2 Å². The Labute approximate surface area is 225 Å². The average Bonchev–Trinajstić information content (AvgIpc) is 3.47. The molecule has 39 heavy (non-hydrogen) atoms. The Kier molecular flexibility index (Phi) is 5.83. The molecule has 1 aliphatic heterocycles. The van der Waals surface area contributed by atoms with E-state index in [-0.39, 0.29) is 31.3 Å². The van der Waals surface area contributed by atoms with Gasteiger partial charge in [0.1, 0.15) is 11.8 Å². The molecule has 204 valence electrons. The molecular formula is C29H24F4O5S. The maximum absolute atomic E-state index is 14.1. The third-order valence-corrected chi connectivity index (χ3v) is 9.32. The lowest BCUT2D eigenvalue weighted by atomic mass is 9.47. The van der Waals surface area contributed by atoms with E-state index in [4.69, 9.17) is 9.47 Å². The van der Waals surface area contributed by atoms with E-state index in [1.807, 2.05) is 0 Å². The van der Waals surface area contributed by atoms with Crippen molar-refractivity contribution in [2.75, 3.05) is 12.8 Å². The molecule has 0 aromatic heterocycles. The van der Waals surface area contributed by atoms with Crippen molar-refractivity contribution in [3.63, 3.8) is 0 Å². The van der Waals surface area contributed by atoms with Crippen molar-refractivity contribution in [2.24, 2.45) is 16.7 Å². The molecule has 0 saturated heterocycles. The molecular weight excluding hydrogens is 536 g/mol. The summed E-state index contributed by atoms with van der Waals surface area (Å²) in [5.41, 5.74) is -0.975. The van der Waals surface area contributed by atoms with Crippen LogP contribution < -0.4 is 0 Å². The van der Waals surface area contributed by atoms with Gasteiger partial charge in [0, 0.05) is 28.9 Å². The van der Waals surface area contributed by atoms with E-state index in [0.29, 0.717) is 56.7 Å². The van der Waals surface area contributed by atoms with Crippen LogP contribution in [-0.4, -0.2) is 34.9 Å². The molecule has 0 spiro atoms. The van der Waals surface area contributed by atoms with Gasteiger partial charge in [-0.3, -0.25) is 9.59 Å². The molecule has 1 N–H and O–H groups in total. The molecule has 0 bridgehead atoms. The van der Waals surface area contributed by atoms with Crippen molar-refractivity contribution in [1.29, 1.82) is 0 Å². The Morgan fingerprint density at radius 2 is 1.90 bits per heavy atom. The Hall–Kier alpha value is -3.11. The molecule has 6 rings (SSSR count). The highest BCUT2D eigenvalue weighted by molar-refractivity contribution is 8.13. The van der Waals surface area contributed by atoms with Gasteiger partial charge < -0.3 is 14.6 Å². The molecule has 0 unspecified atom stereocenters. The van der Waals surface area contributed by atoms with E-state index in [0.717, 1.165) is 12.1 Å². The number of carbonyl (C=O) groups is 2. The number of carbonyl (C=O) groups excluding carboxylic acids is 2. The fraction of sp³-hybridized carbons (Fsp3) is 0.379. The second-order valence-electron chi connectivity index (χ2n) is 10.6. The molecule has 4 aliphatic carbocycles. The summed E-state index contributed by atoms with van der Waals surface area (Å²) >= 11 is 0.472. The molecule has 0 fully saturated rings. The topological polar surface area (TPSA) is 72.8 Å². The highest BCUT2D eigenvalue weighted by atomic mass is 32.2. The number of hydrogen-bond acceptors (Lipinski definition) is 6. The van der Waals surface area contributed by atoms with Crippen molar-refractivity contribution in [3.8, 4) is 0 Å². The quantitative estimate of drug-likeness (QED) is 0.455. The van der Waals surface area contributed by atoms with Crippen molar-refractivity contribution in [2.45, 2.75) is 39.0 Å². The minimum atomic E-state index is -4.54. The number of ketones is 1. The highest BCUT2D eigenvalue weighted by Crippen LogP contribution is 2.67. The van der Waals surface area contributed by atoms with Crippen LogP contribution in [0.3, 0.4) is 0 Å². The third-order valence-electron chi connectivity index (χ3n) is 8.63. The van der Waals surface area contributed by atoms with Gasteiger partial charge in [-0.2, -0.15) is 13.2 Å². The fourth-order valence-electron chi connectivity index (χ4n) is 6.64. The van der Waals surface area contributed by atoms with E-state index in [9.17, 15) is 32.3 Å². The van der Waals surface area contributed by atoms with Crippen molar-refractivity contribution in [1.82, 2.24) is 0 Å². The smallest absolute Gasteiger partial charge is 0.416 e. The number of benzene rings is 1. The van der Waals surface area contributed by atoms with Gasteiger partial charge in [0.2, 0.25) is 11.9 Å². The Morgan fingerprint density at radius 1 is 1.18 bits per heavy atom. The number of aliphatic hydroxyl groups excluding tert-OH is 1. The first-order chi connectivity index (χ1) is 18.4. The lowest BCUT2D eigenvalue weighted by molar-refractivity contribution is -0.137. The predicted octanol–water partition coefficient (Wildman–Crippen LogP) is 6.03. The van der Waals surface area contributed by atoms with Crippen LogP contribution in [0.25, 0.3) is 5.57 Å². The molecule has 0 saturated carbocycles. The summed E-state index contributed by atoms with van der Waals surface area (Å²) in [6.45, 7) is 3.47. The van der Waals surface area contributed by atoms with Gasteiger partial charge in [-0.15, -0.1) is 0 Å². The molecule has 0 radical (unpaired) electrons. The van der Waals surface area contributed by atoms with E-state index >= 15 is 0 Å². The second-order valence-corrected chi connectivity index (χ2v) is 11.5. The Morgan fingerprint density at radius 3 is 2.56 bits per heavy atom. The number of aliphatic hydroxyl groups is 1. The van der Waals surface area contributed by atoms with Crippen LogP contribution in [-0.2, 0) is 25.2 Å². The molecule has 5 aliphatic rings. The van der Waals surface area contributed by atoms with Crippen LogP contribution in [0, 0.1) is 16.7 Å².